The smallest absolute Gasteiger partial charge is 0.306 e. The number of esters is 2. The molecule has 0 bridgehead atoms. The summed E-state index contributed by atoms with van der Waals surface area (Å²) < 4.78 is 17.5. The molecule has 0 amide bonds. The Bertz CT molecular complexity index is 1210. The Hall–Kier alpha value is -2.66. The standard InChI is InChI=1S/C63H112O5/c1-4-7-10-13-16-19-22-25-28-31-32-34-35-38-41-44-47-50-53-56-62(64)67-60-61(59-66-58-55-52-49-46-43-40-37-30-27-24-21-18-15-12-9-6-3)68-63(65)57-54-51-48-45-42-39-36-33-29-26-23-20-17-14-11-8-5-2/h7,10,16,19,25-30,32,34,61H,4-6,8-9,11-15,17-18,20-24,31,33,35-60H2,1-3H3/b10-7-,19-16-,28-25-,29-26-,30-27-,34-32-. The Balaban J connectivity index is 4.31. The van der Waals surface area contributed by atoms with Crippen molar-refractivity contribution >= 4 is 11.9 Å². The van der Waals surface area contributed by atoms with Crippen LogP contribution in [0.2, 0.25) is 0 Å². The number of allylic oxidation sites excluding steroid dienone is 12. The molecule has 394 valence electrons. The van der Waals surface area contributed by atoms with Gasteiger partial charge in [-0.15, -0.1) is 0 Å². The first kappa shape index (κ1) is 65.3. The number of carbonyl (C=O) groups is 2. The first-order valence-corrected chi connectivity index (χ1v) is 29.5. The van der Waals surface area contributed by atoms with Crippen molar-refractivity contribution < 1.29 is 23.8 Å². The first-order valence-electron chi connectivity index (χ1n) is 29.5. The van der Waals surface area contributed by atoms with Gasteiger partial charge in [-0.3, -0.25) is 9.59 Å². The Morgan fingerprint density at radius 2 is 0.662 bits per heavy atom. The summed E-state index contributed by atoms with van der Waals surface area (Å²) in [4.78, 5) is 25.5. The van der Waals surface area contributed by atoms with Gasteiger partial charge in [0, 0.05) is 19.4 Å². The van der Waals surface area contributed by atoms with Crippen molar-refractivity contribution in [1.29, 1.82) is 0 Å². The number of rotatable bonds is 54. The van der Waals surface area contributed by atoms with Gasteiger partial charge in [-0.25, -0.2) is 0 Å². The lowest BCUT2D eigenvalue weighted by Crippen LogP contribution is -2.30. The summed E-state index contributed by atoms with van der Waals surface area (Å²) in [5.41, 5.74) is 0. The van der Waals surface area contributed by atoms with Crippen LogP contribution in [0.4, 0.5) is 0 Å². The van der Waals surface area contributed by atoms with Gasteiger partial charge in [-0.2, -0.15) is 0 Å². The largest absolute Gasteiger partial charge is 0.462 e. The molecule has 0 radical (unpaired) electrons. The molecule has 1 atom stereocenters. The predicted octanol–water partition coefficient (Wildman–Crippen LogP) is 20.2. The molecule has 68 heavy (non-hydrogen) atoms. The fourth-order valence-corrected chi connectivity index (χ4v) is 8.32. The molecule has 0 heterocycles. The van der Waals surface area contributed by atoms with Crippen LogP contribution in [0.1, 0.15) is 290 Å². The van der Waals surface area contributed by atoms with E-state index in [4.69, 9.17) is 14.2 Å². The molecule has 0 fully saturated rings. The molecular weight excluding hydrogens is 837 g/mol. The SMILES string of the molecule is CC/C=C\C/C=C\C/C=C\C/C=C\CCCCCCCCC(=O)OCC(COCCCCCCCC/C=C\CCCCCCCC)OC(=O)CCCCCCCCC/C=C\CCCCCCCC. The summed E-state index contributed by atoms with van der Waals surface area (Å²) >= 11 is 0. The molecule has 0 aliphatic rings. The molecular formula is C63H112O5. The minimum Gasteiger partial charge on any atom is -0.462 e. The third-order valence-electron chi connectivity index (χ3n) is 12.7. The van der Waals surface area contributed by atoms with Gasteiger partial charge in [0.15, 0.2) is 6.10 Å². The van der Waals surface area contributed by atoms with Gasteiger partial charge in [-0.1, -0.05) is 241 Å². The number of hydrogen-bond acceptors (Lipinski definition) is 5. The summed E-state index contributed by atoms with van der Waals surface area (Å²) in [6.45, 7) is 7.71. The summed E-state index contributed by atoms with van der Waals surface area (Å²) in [5, 5.41) is 0. The van der Waals surface area contributed by atoms with Crippen LogP contribution in [0.3, 0.4) is 0 Å². The van der Waals surface area contributed by atoms with Crippen molar-refractivity contribution in [2.45, 2.75) is 297 Å². The summed E-state index contributed by atoms with van der Waals surface area (Å²) in [6.07, 6.45) is 76.3. The zero-order valence-corrected chi connectivity index (χ0v) is 45.4. The molecule has 0 aromatic heterocycles. The second-order valence-corrected chi connectivity index (χ2v) is 19.5. The molecule has 0 aromatic rings. The summed E-state index contributed by atoms with van der Waals surface area (Å²) in [5.74, 6) is -0.412. The van der Waals surface area contributed by atoms with Crippen molar-refractivity contribution in [3.63, 3.8) is 0 Å². The van der Waals surface area contributed by atoms with E-state index < -0.39 is 6.10 Å². The van der Waals surface area contributed by atoms with E-state index in [9.17, 15) is 9.59 Å². The van der Waals surface area contributed by atoms with Gasteiger partial charge in [0.05, 0.1) is 6.61 Å². The van der Waals surface area contributed by atoms with Crippen molar-refractivity contribution in [3.8, 4) is 0 Å². The normalized spacial score (nSPS) is 12.7. The van der Waals surface area contributed by atoms with Gasteiger partial charge in [-0.05, 0) is 109 Å². The van der Waals surface area contributed by atoms with E-state index in [0.717, 1.165) is 83.5 Å². The minimum atomic E-state index is -0.550. The molecule has 0 aliphatic carbocycles. The molecule has 0 saturated heterocycles. The van der Waals surface area contributed by atoms with E-state index in [-0.39, 0.29) is 25.2 Å². The zero-order valence-electron chi connectivity index (χ0n) is 45.4. The number of carbonyl (C=O) groups excluding carboxylic acids is 2. The highest BCUT2D eigenvalue weighted by atomic mass is 16.6. The lowest BCUT2D eigenvalue weighted by molar-refractivity contribution is -0.163. The van der Waals surface area contributed by atoms with E-state index in [1.54, 1.807) is 0 Å². The maximum Gasteiger partial charge on any atom is 0.306 e. The molecule has 1 unspecified atom stereocenters. The lowest BCUT2D eigenvalue weighted by atomic mass is 10.1. The van der Waals surface area contributed by atoms with Crippen LogP contribution in [-0.4, -0.2) is 37.9 Å². The quantitative estimate of drug-likeness (QED) is 0.0345. The van der Waals surface area contributed by atoms with Gasteiger partial charge >= 0.3 is 11.9 Å². The van der Waals surface area contributed by atoms with Crippen LogP contribution in [0.25, 0.3) is 0 Å². The topological polar surface area (TPSA) is 61.8 Å². The van der Waals surface area contributed by atoms with E-state index in [1.807, 2.05) is 0 Å². The number of unbranched alkanes of at least 4 members (excludes halogenated alkanes) is 31. The molecule has 5 nitrogen and oxygen atoms in total. The average molecular weight is 950 g/mol. The highest BCUT2D eigenvalue weighted by molar-refractivity contribution is 5.70. The highest BCUT2D eigenvalue weighted by Crippen LogP contribution is 2.15. The van der Waals surface area contributed by atoms with Gasteiger partial charge in [0.25, 0.3) is 0 Å². The van der Waals surface area contributed by atoms with Crippen molar-refractivity contribution in [2.75, 3.05) is 19.8 Å². The maximum atomic E-state index is 12.9. The monoisotopic (exact) mass is 949 g/mol. The second-order valence-electron chi connectivity index (χ2n) is 19.5. The van der Waals surface area contributed by atoms with Crippen molar-refractivity contribution in [2.24, 2.45) is 0 Å². The van der Waals surface area contributed by atoms with Crippen molar-refractivity contribution in [3.05, 3.63) is 72.9 Å². The van der Waals surface area contributed by atoms with Gasteiger partial charge in [0.2, 0.25) is 0 Å². The van der Waals surface area contributed by atoms with Crippen LogP contribution >= 0.6 is 0 Å². The van der Waals surface area contributed by atoms with Crippen LogP contribution < -0.4 is 0 Å². The Morgan fingerprint density at radius 3 is 1.07 bits per heavy atom. The lowest BCUT2D eigenvalue weighted by Gasteiger charge is -2.18. The first-order chi connectivity index (χ1) is 33.6. The minimum absolute atomic E-state index is 0.0729. The molecule has 0 N–H and O–H groups in total. The second kappa shape index (κ2) is 58.7. The fourth-order valence-electron chi connectivity index (χ4n) is 8.32. The fraction of sp³-hybridized carbons (Fsp3) is 0.778. The Morgan fingerprint density at radius 1 is 0.338 bits per heavy atom. The van der Waals surface area contributed by atoms with Crippen molar-refractivity contribution in [1.82, 2.24) is 0 Å². The molecule has 5 heteroatoms. The summed E-state index contributed by atoms with van der Waals surface area (Å²) in [6, 6.07) is 0. The Labute approximate surface area is 423 Å². The van der Waals surface area contributed by atoms with Crippen LogP contribution in [0.5, 0.6) is 0 Å². The van der Waals surface area contributed by atoms with Gasteiger partial charge < -0.3 is 14.2 Å². The average Bonchev–Trinajstić information content (AvgIpc) is 3.34. The molecule has 0 spiro atoms. The predicted molar refractivity (Wildman–Crippen MR) is 297 cm³/mol. The molecule has 0 saturated carbocycles. The summed E-state index contributed by atoms with van der Waals surface area (Å²) in [7, 11) is 0. The zero-order chi connectivity index (χ0) is 49.2. The highest BCUT2D eigenvalue weighted by Gasteiger charge is 2.17. The van der Waals surface area contributed by atoms with Crippen LogP contribution in [-0.2, 0) is 23.8 Å². The van der Waals surface area contributed by atoms with E-state index in [2.05, 4.69) is 93.7 Å². The maximum absolute atomic E-state index is 12.9. The van der Waals surface area contributed by atoms with E-state index in [1.165, 1.54) is 173 Å². The number of hydrogen-bond donors (Lipinski definition) is 0. The third-order valence-corrected chi connectivity index (χ3v) is 12.7. The third kappa shape index (κ3) is 55.9. The molecule has 0 rings (SSSR count). The van der Waals surface area contributed by atoms with E-state index >= 15 is 0 Å². The van der Waals surface area contributed by atoms with Crippen LogP contribution in [0, 0.1) is 0 Å². The Kier molecular flexibility index (Phi) is 56.4. The number of ether oxygens (including phenoxy) is 3. The molecule has 0 aliphatic heterocycles. The van der Waals surface area contributed by atoms with Gasteiger partial charge in [0.1, 0.15) is 6.61 Å². The van der Waals surface area contributed by atoms with E-state index in [0.29, 0.717) is 19.4 Å². The molecule has 0 aromatic carbocycles. The van der Waals surface area contributed by atoms with Crippen LogP contribution in [0.15, 0.2) is 72.9 Å².